The minimum absolute atomic E-state index is 0.0955. The van der Waals surface area contributed by atoms with E-state index in [4.69, 9.17) is 21.4 Å². The Morgan fingerprint density at radius 1 is 1.04 bits per heavy atom. The van der Waals surface area contributed by atoms with Gasteiger partial charge >= 0.3 is 5.97 Å². The van der Waals surface area contributed by atoms with E-state index in [1.54, 1.807) is 17.0 Å². The molecule has 1 fully saturated rings. The van der Waals surface area contributed by atoms with Crippen LogP contribution in [0.15, 0.2) is 48.5 Å². The summed E-state index contributed by atoms with van der Waals surface area (Å²) >= 11 is 5.91. The van der Waals surface area contributed by atoms with E-state index >= 15 is 0 Å². The maximum Gasteiger partial charge on any atom is 0.335 e. The highest BCUT2D eigenvalue weighted by atomic mass is 35.5. The third-order valence-electron chi connectivity index (χ3n) is 4.49. The Bertz CT molecular complexity index is 802. The van der Waals surface area contributed by atoms with Crippen molar-refractivity contribution in [3.8, 4) is 5.75 Å². The van der Waals surface area contributed by atoms with Gasteiger partial charge in [-0.2, -0.15) is 0 Å². The molecule has 1 saturated heterocycles. The number of nitrogens with zero attached hydrogens (tertiary/aromatic N) is 2. The van der Waals surface area contributed by atoms with Crippen molar-refractivity contribution in [2.45, 2.75) is 6.54 Å². The first-order chi connectivity index (χ1) is 13.0. The minimum Gasteiger partial charge on any atom is -0.484 e. The second kappa shape index (κ2) is 8.88. The van der Waals surface area contributed by atoms with Gasteiger partial charge in [-0.15, -0.1) is 0 Å². The fourth-order valence-electron chi connectivity index (χ4n) is 2.96. The van der Waals surface area contributed by atoms with Crippen molar-refractivity contribution in [2.24, 2.45) is 0 Å². The normalized spacial score (nSPS) is 14.8. The summed E-state index contributed by atoms with van der Waals surface area (Å²) in [4.78, 5) is 27.4. The maximum atomic E-state index is 12.3. The molecule has 0 radical (unpaired) electrons. The molecule has 1 aliphatic rings. The highest BCUT2D eigenvalue weighted by molar-refractivity contribution is 6.30. The molecule has 0 atom stereocenters. The predicted octanol–water partition coefficient (Wildman–Crippen LogP) is 2.76. The average Bonchev–Trinajstić information content (AvgIpc) is 2.68. The fraction of sp³-hybridized carbons (Fsp3) is 0.300. The summed E-state index contributed by atoms with van der Waals surface area (Å²) in [5.74, 6) is -0.741. The van der Waals surface area contributed by atoms with E-state index < -0.39 is 5.97 Å². The van der Waals surface area contributed by atoms with Gasteiger partial charge in [-0.25, -0.2) is 4.79 Å². The molecule has 0 unspecified atom stereocenters. The van der Waals surface area contributed by atoms with Crippen molar-refractivity contribution in [3.63, 3.8) is 0 Å². The molecule has 0 aromatic heterocycles. The minimum atomic E-state index is -1.02. The highest BCUT2D eigenvalue weighted by Gasteiger charge is 2.21. The number of piperazine rings is 1. The molecule has 0 spiro atoms. The zero-order valence-corrected chi connectivity index (χ0v) is 15.6. The number of carboxylic acid groups (broad SMARTS) is 1. The van der Waals surface area contributed by atoms with Crippen LogP contribution >= 0.6 is 11.6 Å². The number of ether oxygens (including phenoxy) is 1. The van der Waals surface area contributed by atoms with E-state index in [1.165, 1.54) is 17.7 Å². The van der Waals surface area contributed by atoms with Crippen LogP contribution in [-0.4, -0.2) is 59.6 Å². The van der Waals surface area contributed by atoms with Crippen molar-refractivity contribution in [3.05, 3.63) is 64.7 Å². The number of aromatic carboxylic acids is 1. The molecular formula is C20H21ClN2O4. The van der Waals surface area contributed by atoms with E-state index in [9.17, 15) is 9.59 Å². The van der Waals surface area contributed by atoms with Crippen LogP contribution in [0.4, 0.5) is 0 Å². The van der Waals surface area contributed by atoms with Gasteiger partial charge in [0.25, 0.3) is 5.91 Å². The van der Waals surface area contributed by atoms with Gasteiger partial charge in [0.1, 0.15) is 5.75 Å². The van der Waals surface area contributed by atoms with E-state index in [-0.39, 0.29) is 18.1 Å². The summed E-state index contributed by atoms with van der Waals surface area (Å²) in [7, 11) is 0. The van der Waals surface area contributed by atoms with Crippen molar-refractivity contribution < 1.29 is 19.4 Å². The lowest BCUT2D eigenvalue weighted by Crippen LogP contribution is -2.49. The monoisotopic (exact) mass is 388 g/mol. The smallest absolute Gasteiger partial charge is 0.335 e. The number of halogens is 1. The molecule has 0 saturated carbocycles. The average molecular weight is 389 g/mol. The zero-order chi connectivity index (χ0) is 19.2. The summed E-state index contributed by atoms with van der Waals surface area (Å²) in [5.41, 5.74) is 1.33. The van der Waals surface area contributed by atoms with E-state index in [1.807, 2.05) is 24.3 Å². The van der Waals surface area contributed by atoms with Gasteiger partial charge in [0, 0.05) is 37.7 Å². The SMILES string of the molecule is O=C(O)c1cccc(OCC(=O)N2CCN(Cc3ccc(Cl)cc3)CC2)c1. The largest absolute Gasteiger partial charge is 0.484 e. The van der Waals surface area contributed by atoms with Crippen LogP contribution in [0.5, 0.6) is 5.75 Å². The first-order valence-corrected chi connectivity index (χ1v) is 9.10. The fourth-order valence-corrected chi connectivity index (χ4v) is 3.08. The van der Waals surface area contributed by atoms with Gasteiger partial charge in [0.15, 0.2) is 6.61 Å². The molecule has 1 aliphatic heterocycles. The molecule has 2 aromatic carbocycles. The standard InChI is InChI=1S/C20H21ClN2O4/c21-17-6-4-15(5-7-17)13-22-8-10-23(11-9-22)19(24)14-27-18-3-1-2-16(12-18)20(25)26/h1-7,12H,8-11,13-14H2,(H,25,26). The maximum absolute atomic E-state index is 12.3. The summed E-state index contributed by atoms with van der Waals surface area (Å²) in [6, 6.07) is 13.9. The molecule has 3 rings (SSSR count). The molecule has 0 bridgehead atoms. The molecule has 1 heterocycles. The molecule has 142 valence electrons. The lowest BCUT2D eigenvalue weighted by atomic mass is 10.2. The zero-order valence-electron chi connectivity index (χ0n) is 14.8. The Morgan fingerprint density at radius 2 is 1.74 bits per heavy atom. The van der Waals surface area contributed by atoms with Crippen LogP contribution in [0.3, 0.4) is 0 Å². The van der Waals surface area contributed by atoms with Gasteiger partial charge < -0.3 is 14.7 Å². The summed E-state index contributed by atoms with van der Waals surface area (Å²) in [6.07, 6.45) is 0. The van der Waals surface area contributed by atoms with Crippen LogP contribution in [0.2, 0.25) is 5.02 Å². The van der Waals surface area contributed by atoms with Crippen LogP contribution < -0.4 is 4.74 Å². The van der Waals surface area contributed by atoms with Gasteiger partial charge in [0.05, 0.1) is 5.56 Å². The molecule has 6 nitrogen and oxygen atoms in total. The second-order valence-corrected chi connectivity index (χ2v) is 6.84. The number of amides is 1. The Kier molecular flexibility index (Phi) is 6.32. The molecule has 1 N–H and O–H groups in total. The number of hydrogen-bond donors (Lipinski definition) is 1. The van der Waals surface area contributed by atoms with Crippen LogP contribution in [0.1, 0.15) is 15.9 Å². The Hall–Kier alpha value is -2.57. The molecular weight excluding hydrogens is 368 g/mol. The number of carboxylic acids is 1. The number of carbonyl (C=O) groups is 2. The van der Waals surface area contributed by atoms with Crippen LogP contribution in [-0.2, 0) is 11.3 Å². The first kappa shape index (κ1) is 19.2. The topological polar surface area (TPSA) is 70.1 Å². The third-order valence-corrected chi connectivity index (χ3v) is 4.74. The Balaban J connectivity index is 1.45. The van der Waals surface area contributed by atoms with Crippen molar-refractivity contribution in [1.82, 2.24) is 9.80 Å². The van der Waals surface area contributed by atoms with Crippen LogP contribution in [0.25, 0.3) is 0 Å². The highest BCUT2D eigenvalue weighted by Crippen LogP contribution is 2.15. The molecule has 1 amide bonds. The summed E-state index contributed by atoms with van der Waals surface area (Å²) in [6.45, 7) is 3.61. The summed E-state index contributed by atoms with van der Waals surface area (Å²) < 4.78 is 5.46. The van der Waals surface area contributed by atoms with E-state index in [0.29, 0.717) is 18.8 Å². The molecule has 27 heavy (non-hydrogen) atoms. The molecule has 7 heteroatoms. The summed E-state index contributed by atoms with van der Waals surface area (Å²) in [5, 5.41) is 9.72. The third kappa shape index (κ3) is 5.45. The lowest BCUT2D eigenvalue weighted by Gasteiger charge is -2.34. The first-order valence-electron chi connectivity index (χ1n) is 8.72. The Morgan fingerprint density at radius 3 is 2.41 bits per heavy atom. The molecule has 0 aliphatic carbocycles. The van der Waals surface area contributed by atoms with Crippen molar-refractivity contribution in [1.29, 1.82) is 0 Å². The number of rotatable bonds is 6. The van der Waals surface area contributed by atoms with Gasteiger partial charge in [-0.1, -0.05) is 29.8 Å². The van der Waals surface area contributed by atoms with Gasteiger partial charge in [-0.05, 0) is 35.9 Å². The van der Waals surface area contributed by atoms with Crippen molar-refractivity contribution >= 4 is 23.5 Å². The number of hydrogen-bond acceptors (Lipinski definition) is 4. The second-order valence-electron chi connectivity index (χ2n) is 6.41. The van der Waals surface area contributed by atoms with E-state index in [0.717, 1.165) is 24.7 Å². The van der Waals surface area contributed by atoms with Gasteiger partial charge in [-0.3, -0.25) is 9.69 Å². The van der Waals surface area contributed by atoms with Gasteiger partial charge in [0.2, 0.25) is 0 Å². The molecule has 2 aromatic rings. The number of benzene rings is 2. The quantitative estimate of drug-likeness (QED) is 0.824. The Labute approximate surface area is 162 Å². The number of carbonyl (C=O) groups excluding carboxylic acids is 1. The predicted molar refractivity (Wildman–Crippen MR) is 102 cm³/mol. The lowest BCUT2D eigenvalue weighted by molar-refractivity contribution is -0.135. The van der Waals surface area contributed by atoms with Crippen LogP contribution in [0, 0.1) is 0 Å². The van der Waals surface area contributed by atoms with E-state index in [2.05, 4.69) is 4.90 Å². The van der Waals surface area contributed by atoms with Crippen molar-refractivity contribution in [2.75, 3.05) is 32.8 Å².